The van der Waals surface area contributed by atoms with Crippen LogP contribution in [0.15, 0.2) is 10.7 Å². The van der Waals surface area contributed by atoms with Crippen LogP contribution in [0, 0.1) is 5.92 Å². The van der Waals surface area contributed by atoms with Gasteiger partial charge in [0.05, 0.1) is 17.8 Å². The molecule has 0 atom stereocenters. The van der Waals surface area contributed by atoms with Crippen LogP contribution < -0.4 is 10.1 Å². The van der Waals surface area contributed by atoms with E-state index in [1.807, 2.05) is 0 Å². The van der Waals surface area contributed by atoms with Gasteiger partial charge in [-0.15, -0.1) is 11.6 Å². The van der Waals surface area contributed by atoms with Crippen LogP contribution in [0.4, 0.5) is 5.95 Å². The molecule has 0 bridgehead atoms. The van der Waals surface area contributed by atoms with Crippen molar-refractivity contribution in [2.75, 3.05) is 19.0 Å². The van der Waals surface area contributed by atoms with E-state index < -0.39 is 0 Å². The fraction of sp³-hybridized carbons (Fsp3) is 0.667. The number of halogens is 2. The number of nitrogens with one attached hydrogen (secondary N) is 1. The van der Waals surface area contributed by atoms with E-state index in [0.29, 0.717) is 23.1 Å². The van der Waals surface area contributed by atoms with Gasteiger partial charge in [0.2, 0.25) is 11.8 Å². The lowest BCUT2D eigenvalue weighted by Crippen LogP contribution is -2.22. The Morgan fingerprint density at radius 1 is 1.44 bits per heavy atom. The Kier molecular flexibility index (Phi) is 5.06. The van der Waals surface area contributed by atoms with Crippen molar-refractivity contribution in [1.82, 2.24) is 9.97 Å². The third-order valence-electron chi connectivity index (χ3n) is 3.23. The second-order valence-electron chi connectivity index (χ2n) is 4.55. The zero-order valence-corrected chi connectivity index (χ0v) is 12.7. The van der Waals surface area contributed by atoms with Gasteiger partial charge in [0, 0.05) is 11.9 Å². The van der Waals surface area contributed by atoms with Crippen LogP contribution in [0.5, 0.6) is 5.88 Å². The number of aromatic nitrogens is 2. The van der Waals surface area contributed by atoms with Gasteiger partial charge in [-0.25, -0.2) is 4.98 Å². The Balaban J connectivity index is 1.86. The van der Waals surface area contributed by atoms with Crippen molar-refractivity contribution in [3.8, 4) is 5.88 Å². The summed E-state index contributed by atoms with van der Waals surface area (Å²) in [7, 11) is 1.60. The first-order chi connectivity index (χ1) is 8.69. The molecule has 0 radical (unpaired) electrons. The molecule has 6 heteroatoms. The van der Waals surface area contributed by atoms with E-state index in [0.717, 1.165) is 23.9 Å². The quantitative estimate of drug-likeness (QED) is 0.857. The molecular formula is C12H17BrClN3O. The topological polar surface area (TPSA) is 47.0 Å². The molecule has 1 aliphatic carbocycles. The molecule has 0 saturated heterocycles. The molecule has 18 heavy (non-hydrogen) atoms. The zero-order chi connectivity index (χ0) is 13.0. The molecule has 1 saturated carbocycles. The summed E-state index contributed by atoms with van der Waals surface area (Å²) in [6.07, 6.45) is 6.27. The molecule has 2 rings (SSSR count). The molecule has 0 amide bonds. The fourth-order valence-corrected chi connectivity index (χ4v) is 2.75. The Labute approximate surface area is 121 Å². The molecule has 4 nitrogen and oxygen atoms in total. The molecule has 1 N–H and O–H groups in total. The number of nitrogens with zero attached hydrogens (tertiary/aromatic N) is 2. The Morgan fingerprint density at radius 2 is 2.17 bits per heavy atom. The maximum Gasteiger partial charge on any atom is 0.232 e. The van der Waals surface area contributed by atoms with Crippen LogP contribution in [0.2, 0.25) is 0 Å². The predicted molar refractivity (Wildman–Crippen MR) is 76.4 cm³/mol. The summed E-state index contributed by atoms with van der Waals surface area (Å²) < 4.78 is 5.90. The molecule has 0 aliphatic heterocycles. The van der Waals surface area contributed by atoms with Gasteiger partial charge in [0.25, 0.3) is 0 Å². The van der Waals surface area contributed by atoms with Crippen LogP contribution in [0.25, 0.3) is 0 Å². The monoisotopic (exact) mass is 333 g/mol. The van der Waals surface area contributed by atoms with Gasteiger partial charge in [-0.05, 0) is 47.5 Å². The highest BCUT2D eigenvalue weighted by Crippen LogP contribution is 2.28. The minimum absolute atomic E-state index is 0.366. The molecule has 100 valence electrons. The van der Waals surface area contributed by atoms with Gasteiger partial charge in [-0.3, -0.25) is 0 Å². The van der Waals surface area contributed by atoms with Gasteiger partial charge < -0.3 is 10.1 Å². The number of alkyl halides is 1. The summed E-state index contributed by atoms with van der Waals surface area (Å²) >= 11 is 9.42. The van der Waals surface area contributed by atoms with E-state index >= 15 is 0 Å². The molecule has 1 heterocycles. The van der Waals surface area contributed by atoms with E-state index in [1.54, 1.807) is 13.3 Å². The average Bonchev–Trinajstić information content (AvgIpc) is 2.39. The molecule has 0 aromatic carbocycles. The van der Waals surface area contributed by atoms with Gasteiger partial charge in [-0.1, -0.05) is 0 Å². The Hall–Kier alpha value is -0.550. The summed E-state index contributed by atoms with van der Waals surface area (Å²) in [5, 5.41) is 3.63. The van der Waals surface area contributed by atoms with Crippen molar-refractivity contribution in [2.24, 2.45) is 5.92 Å². The maximum absolute atomic E-state index is 6.09. The van der Waals surface area contributed by atoms with E-state index in [4.69, 9.17) is 16.3 Å². The second-order valence-corrected chi connectivity index (χ2v) is 6.02. The molecule has 1 aromatic rings. The van der Waals surface area contributed by atoms with Crippen LogP contribution >= 0.6 is 27.5 Å². The van der Waals surface area contributed by atoms with Crippen molar-refractivity contribution in [3.63, 3.8) is 0 Å². The van der Waals surface area contributed by atoms with Crippen LogP contribution in [0.3, 0.4) is 0 Å². The minimum Gasteiger partial charge on any atom is -0.480 e. The highest BCUT2D eigenvalue weighted by atomic mass is 79.9. The van der Waals surface area contributed by atoms with Crippen molar-refractivity contribution < 1.29 is 4.74 Å². The van der Waals surface area contributed by atoms with Gasteiger partial charge in [0.1, 0.15) is 0 Å². The van der Waals surface area contributed by atoms with Gasteiger partial charge >= 0.3 is 0 Å². The number of hydrogen-bond donors (Lipinski definition) is 1. The third-order valence-corrected chi connectivity index (χ3v) is 4.21. The summed E-state index contributed by atoms with van der Waals surface area (Å²) in [6, 6.07) is 0. The van der Waals surface area contributed by atoms with Crippen molar-refractivity contribution in [1.29, 1.82) is 0 Å². The summed E-state index contributed by atoms with van der Waals surface area (Å²) in [5.74, 6) is 1.83. The summed E-state index contributed by atoms with van der Waals surface area (Å²) in [5.41, 5.74) is 0. The first-order valence-electron chi connectivity index (χ1n) is 6.13. The van der Waals surface area contributed by atoms with E-state index in [9.17, 15) is 0 Å². The molecule has 0 spiro atoms. The van der Waals surface area contributed by atoms with Crippen LogP contribution in [-0.2, 0) is 0 Å². The number of rotatable bonds is 4. The first-order valence-corrected chi connectivity index (χ1v) is 7.36. The number of anilines is 1. The lowest BCUT2D eigenvalue weighted by atomic mass is 9.89. The maximum atomic E-state index is 6.09. The normalized spacial score (nSPS) is 23.7. The minimum atomic E-state index is 0.366. The van der Waals surface area contributed by atoms with Crippen LogP contribution in [0.1, 0.15) is 25.7 Å². The second kappa shape index (κ2) is 6.57. The zero-order valence-electron chi connectivity index (χ0n) is 10.3. The summed E-state index contributed by atoms with van der Waals surface area (Å²) in [4.78, 5) is 8.48. The molecule has 1 aliphatic rings. The van der Waals surface area contributed by atoms with E-state index in [-0.39, 0.29) is 0 Å². The lowest BCUT2D eigenvalue weighted by molar-refractivity contribution is 0.376. The first kappa shape index (κ1) is 13.9. The van der Waals surface area contributed by atoms with Crippen molar-refractivity contribution in [3.05, 3.63) is 10.7 Å². The standard InChI is InChI=1S/C12H17BrClN3O/c1-18-11-10(13)7-16-12(17-11)15-6-8-2-4-9(14)5-3-8/h7-9H,2-6H2,1H3,(H,15,16,17). The van der Waals surface area contributed by atoms with Gasteiger partial charge in [-0.2, -0.15) is 4.98 Å². The van der Waals surface area contributed by atoms with Crippen molar-refractivity contribution in [2.45, 2.75) is 31.1 Å². The number of methoxy groups -OCH3 is 1. The number of ether oxygens (including phenoxy) is 1. The molecule has 1 fully saturated rings. The predicted octanol–water partition coefficient (Wildman–Crippen LogP) is 3.46. The smallest absolute Gasteiger partial charge is 0.232 e. The fourth-order valence-electron chi connectivity index (χ4n) is 2.14. The SMILES string of the molecule is COc1nc(NCC2CCC(Cl)CC2)ncc1Br. The highest BCUT2D eigenvalue weighted by molar-refractivity contribution is 9.10. The van der Waals surface area contributed by atoms with Gasteiger partial charge in [0.15, 0.2) is 0 Å². The average molecular weight is 335 g/mol. The van der Waals surface area contributed by atoms with Crippen molar-refractivity contribution >= 4 is 33.5 Å². The van der Waals surface area contributed by atoms with E-state index in [1.165, 1.54) is 12.8 Å². The Bertz CT molecular complexity index is 397. The molecule has 0 unspecified atom stereocenters. The van der Waals surface area contributed by atoms with Crippen LogP contribution in [-0.4, -0.2) is 29.0 Å². The Morgan fingerprint density at radius 3 is 2.83 bits per heavy atom. The molecule has 1 aromatic heterocycles. The molecular weight excluding hydrogens is 318 g/mol. The highest BCUT2D eigenvalue weighted by Gasteiger charge is 2.19. The summed E-state index contributed by atoms with van der Waals surface area (Å²) in [6.45, 7) is 0.897. The number of hydrogen-bond acceptors (Lipinski definition) is 4. The third kappa shape index (κ3) is 3.72. The largest absolute Gasteiger partial charge is 0.480 e. The lowest BCUT2D eigenvalue weighted by Gasteiger charge is -2.25. The van der Waals surface area contributed by atoms with E-state index in [2.05, 4.69) is 31.2 Å².